The molecule has 3 heterocycles. The standard InChI is InChI=1S/C26H20ClN3O4/c27-25-22-20(11-13-28-25)29-17-30(22)14-12-21-23(32-15-18-7-3-1-4-8-18)24(26(31)34-21)33-16-19-9-5-2-6-10-19/h1-13,17H,14-16H2/b21-12-. The van der Waals surface area contributed by atoms with Crippen molar-refractivity contribution in [3.05, 3.63) is 119 Å². The zero-order valence-corrected chi connectivity index (χ0v) is 18.8. The van der Waals surface area contributed by atoms with Crippen LogP contribution < -0.4 is 0 Å². The van der Waals surface area contributed by atoms with Gasteiger partial charge in [-0.3, -0.25) is 0 Å². The number of carbonyl (C=O) groups is 1. The summed E-state index contributed by atoms with van der Waals surface area (Å²) < 4.78 is 19.2. The number of esters is 1. The molecule has 8 heteroatoms. The number of imidazole rings is 1. The maximum atomic E-state index is 12.7. The molecule has 170 valence electrons. The molecule has 0 fully saturated rings. The molecule has 0 aliphatic carbocycles. The minimum absolute atomic E-state index is 0.0428. The highest BCUT2D eigenvalue weighted by atomic mass is 35.5. The van der Waals surface area contributed by atoms with Crippen molar-refractivity contribution in [2.24, 2.45) is 0 Å². The number of hydrogen-bond acceptors (Lipinski definition) is 6. The van der Waals surface area contributed by atoms with E-state index in [9.17, 15) is 4.79 Å². The topological polar surface area (TPSA) is 75.5 Å². The Balaban J connectivity index is 1.43. The largest absolute Gasteiger partial charge is 0.481 e. The molecule has 0 amide bonds. The predicted molar refractivity (Wildman–Crippen MR) is 126 cm³/mol. The average Bonchev–Trinajstić information content (AvgIpc) is 3.42. The van der Waals surface area contributed by atoms with Crippen LogP contribution in [0.3, 0.4) is 0 Å². The summed E-state index contributed by atoms with van der Waals surface area (Å²) in [7, 11) is 0. The van der Waals surface area contributed by atoms with Gasteiger partial charge in [0, 0.05) is 12.7 Å². The lowest BCUT2D eigenvalue weighted by Crippen LogP contribution is -2.04. The Hall–Kier alpha value is -4.10. The van der Waals surface area contributed by atoms with E-state index in [0.29, 0.717) is 17.2 Å². The minimum atomic E-state index is -0.597. The third-order valence-corrected chi connectivity index (χ3v) is 5.50. The number of cyclic esters (lactones) is 1. The summed E-state index contributed by atoms with van der Waals surface area (Å²) in [4.78, 5) is 21.1. The second kappa shape index (κ2) is 9.80. The number of aromatic nitrogens is 3. The van der Waals surface area contributed by atoms with Crippen LogP contribution in [0.1, 0.15) is 11.1 Å². The summed E-state index contributed by atoms with van der Waals surface area (Å²) in [6, 6.07) is 21.0. The number of benzene rings is 2. The minimum Gasteiger partial charge on any atom is -0.481 e. The van der Waals surface area contributed by atoms with Gasteiger partial charge >= 0.3 is 5.97 Å². The zero-order valence-electron chi connectivity index (χ0n) is 18.1. The van der Waals surface area contributed by atoms with Gasteiger partial charge in [0.25, 0.3) is 5.76 Å². The van der Waals surface area contributed by atoms with Crippen molar-refractivity contribution in [1.29, 1.82) is 0 Å². The highest BCUT2D eigenvalue weighted by Gasteiger charge is 2.34. The van der Waals surface area contributed by atoms with E-state index in [-0.39, 0.29) is 30.5 Å². The molecule has 0 N–H and O–H groups in total. The lowest BCUT2D eigenvalue weighted by Gasteiger charge is -2.10. The van der Waals surface area contributed by atoms with E-state index in [1.807, 2.05) is 65.2 Å². The van der Waals surface area contributed by atoms with Crippen LogP contribution in [0, 0.1) is 0 Å². The predicted octanol–water partition coefficient (Wildman–Crippen LogP) is 5.17. The Morgan fingerprint density at radius 2 is 1.53 bits per heavy atom. The maximum absolute atomic E-state index is 12.7. The number of ether oxygens (including phenoxy) is 3. The van der Waals surface area contributed by atoms with Crippen LogP contribution in [0.25, 0.3) is 11.0 Å². The van der Waals surface area contributed by atoms with E-state index in [1.165, 1.54) is 0 Å². The molecule has 5 rings (SSSR count). The Bertz CT molecular complexity index is 1380. The number of halogens is 1. The smallest absolute Gasteiger partial charge is 0.383 e. The fourth-order valence-electron chi connectivity index (χ4n) is 3.55. The molecular formula is C26H20ClN3O4. The lowest BCUT2D eigenvalue weighted by molar-refractivity contribution is -0.136. The van der Waals surface area contributed by atoms with Gasteiger partial charge in [0.05, 0.1) is 11.8 Å². The number of allylic oxidation sites excluding steroid dienone is 1. The van der Waals surface area contributed by atoms with E-state index in [0.717, 1.165) is 16.6 Å². The number of fused-ring (bicyclic) bond motifs is 1. The molecule has 1 aliphatic heterocycles. The van der Waals surface area contributed by atoms with E-state index >= 15 is 0 Å². The molecule has 0 atom stereocenters. The van der Waals surface area contributed by atoms with Gasteiger partial charge in [0.1, 0.15) is 18.7 Å². The third-order valence-electron chi connectivity index (χ3n) is 5.23. The molecule has 1 aliphatic rings. The Kier molecular flexibility index (Phi) is 6.27. The fraction of sp³-hybridized carbons (Fsp3) is 0.115. The molecule has 0 radical (unpaired) electrons. The Labute approximate surface area is 200 Å². The number of nitrogens with zero attached hydrogens (tertiary/aromatic N) is 3. The number of hydrogen-bond donors (Lipinski definition) is 0. The zero-order chi connectivity index (χ0) is 23.3. The SMILES string of the molecule is O=C1O/C(=C\Cn2cnc3ccnc(Cl)c32)C(OCc2ccccc2)=C1OCc1ccccc1. The van der Waals surface area contributed by atoms with Gasteiger partial charge in [-0.1, -0.05) is 72.3 Å². The summed E-state index contributed by atoms with van der Waals surface area (Å²) in [5.74, 6) is -0.00839. The van der Waals surface area contributed by atoms with Gasteiger partial charge in [-0.2, -0.15) is 0 Å². The van der Waals surface area contributed by atoms with E-state index in [1.54, 1.807) is 24.7 Å². The summed E-state index contributed by atoms with van der Waals surface area (Å²) >= 11 is 6.26. The Morgan fingerprint density at radius 1 is 0.882 bits per heavy atom. The molecule has 34 heavy (non-hydrogen) atoms. The van der Waals surface area contributed by atoms with Crippen LogP contribution in [0.2, 0.25) is 5.15 Å². The van der Waals surface area contributed by atoms with E-state index in [4.69, 9.17) is 25.8 Å². The highest BCUT2D eigenvalue weighted by Crippen LogP contribution is 2.30. The molecule has 2 aromatic heterocycles. The van der Waals surface area contributed by atoms with Gasteiger partial charge in [-0.25, -0.2) is 14.8 Å². The van der Waals surface area contributed by atoms with Gasteiger partial charge in [-0.15, -0.1) is 0 Å². The van der Waals surface area contributed by atoms with Gasteiger partial charge in [0.15, 0.2) is 10.9 Å². The first kappa shape index (κ1) is 21.7. The molecule has 0 saturated carbocycles. The van der Waals surface area contributed by atoms with Crippen molar-refractivity contribution >= 4 is 28.6 Å². The van der Waals surface area contributed by atoms with Crippen molar-refractivity contribution in [3.8, 4) is 0 Å². The number of rotatable bonds is 8. The number of pyridine rings is 1. The molecule has 4 aromatic rings. The molecule has 0 unspecified atom stereocenters. The van der Waals surface area contributed by atoms with Crippen molar-refractivity contribution in [3.63, 3.8) is 0 Å². The molecular weight excluding hydrogens is 454 g/mol. The monoisotopic (exact) mass is 473 g/mol. The first-order valence-electron chi connectivity index (χ1n) is 10.6. The van der Waals surface area contributed by atoms with Crippen LogP contribution in [-0.4, -0.2) is 20.5 Å². The summed E-state index contributed by atoms with van der Waals surface area (Å²) in [6.07, 6.45) is 5.00. The lowest BCUT2D eigenvalue weighted by atomic mass is 10.2. The molecule has 0 spiro atoms. The second-order valence-electron chi connectivity index (χ2n) is 7.53. The number of carbonyl (C=O) groups excluding carboxylic acids is 1. The van der Waals surface area contributed by atoms with Crippen LogP contribution in [0.4, 0.5) is 0 Å². The first-order chi connectivity index (χ1) is 16.7. The molecule has 7 nitrogen and oxygen atoms in total. The van der Waals surface area contributed by atoms with Crippen molar-refractivity contribution < 1.29 is 19.0 Å². The van der Waals surface area contributed by atoms with E-state index in [2.05, 4.69) is 9.97 Å². The van der Waals surface area contributed by atoms with Gasteiger partial charge in [-0.05, 0) is 23.3 Å². The molecule has 0 saturated heterocycles. The Morgan fingerprint density at radius 3 is 2.21 bits per heavy atom. The maximum Gasteiger partial charge on any atom is 0.383 e. The van der Waals surface area contributed by atoms with Gasteiger partial charge in [0.2, 0.25) is 5.76 Å². The third kappa shape index (κ3) is 4.65. The summed E-state index contributed by atoms with van der Waals surface area (Å²) in [6.45, 7) is 0.810. The van der Waals surface area contributed by atoms with Crippen LogP contribution in [0.15, 0.2) is 103 Å². The van der Waals surface area contributed by atoms with E-state index < -0.39 is 5.97 Å². The molecule has 0 bridgehead atoms. The van der Waals surface area contributed by atoms with Crippen molar-refractivity contribution in [2.75, 3.05) is 0 Å². The van der Waals surface area contributed by atoms with Crippen LogP contribution in [0.5, 0.6) is 0 Å². The second-order valence-corrected chi connectivity index (χ2v) is 7.89. The first-order valence-corrected chi connectivity index (χ1v) is 11.0. The van der Waals surface area contributed by atoms with Crippen LogP contribution >= 0.6 is 11.6 Å². The quantitative estimate of drug-likeness (QED) is 0.259. The van der Waals surface area contributed by atoms with Crippen LogP contribution in [-0.2, 0) is 38.8 Å². The summed E-state index contributed by atoms with van der Waals surface area (Å²) in [5.41, 5.74) is 3.30. The fourth-order valence-corrected chi connectivity index (χ4v) is 3.81. The van der Waals surface area contributed by atoms with Crippen molar-refractivity contribution in [2.45, 2.75) is 19.8 Å². The normalized spacial score (nSPS) is 14.6. The van der Waals surface area contributed by atoms with Crippen molar-refractivity contribution in [1.82, 2.24) is 14.5 Å². The average molecular weight is 474 g/mol. The van der Waals surface area contributed by atoms with Gasteiger partial charge < -0.3 is 18.8 Å². The molecule has 2 aromatic carbocycles. The highest BCUT2D eigenvalue weighted by molar-refractivity contribution is 6.33. The summed E-state index contributed by atoms with van der Waals surface area (Å²) in [5, 5.41) is 0.347.